The summed E-state index contributed by atoms with van der Waals surface area (Å²) >= 11 is 0. The maximum absolute atomic E-state index is 11.6. The van der Waals surface area contributed by atoms with Crippen molar-refractivity contribution in [3.8, 4) is 0 Å². The number of carbonyl (C=O) groups is 3. The number of aliphatic carboxylic acids is 2. The number of hydrogen-bond acceptors (Lipinski definition) is 4. The van der Waals surface area contributed by atoms with Crippen molar-refractivity contribution in [2.45, 2.75) is 25.3 Å². The summed E-state index contributed by atoms with van der Waals surface area (Å²) in [6, 6.07) is 5.55. The van der Waals surface area contributed by atoms with Crippen LogP contribution in [0.5, 0.6) is 0 Å². The fourth-order valence-electron chi connectivity index (χ4n) is 1.57. The average molecular weight is 280 g/mol. The van der Waals surface area contributed by atoms with Crippen molar-refractivity contribution in [3.63, 3.8) is 0 Å². The molecule has 0 aromatic heterocycles. The predicted octanol–water partition coefficient (Wildman–Crippen LogP) is 0.444. The molecule has 5 N–H and O–H groups in total. The maximum atomic E-state index is 11.6. The Balaban J connectivity index is 2.63. The van der Waals surface area contributed by atoms with Crippen molar-refractivity contribution in [3.05, 3.63) is 29.8 Å². The van der Waals surface area contributed by atoms with E-state index in [0.717, 1.165) is 5.56 Å². The molecular weight excluding hydrogens is 264 g/mol. The summed E-state index contributed by atoms with van der Waals surface area (Å²) in [6.45, 7) is 0. The van der Waals surface area contributed by atoms with Gasteiger partial charge in [-0.25, -0.2) is 0 Å². The summed E-state index contributed by atoms with van der Waals surface area (Å²) in [6.07, 6.45) is -0.110. The molecule has 0 saturated heterocycles. The SMILES string of the molecule is NC(CC(=O)O)C(=O)Nc1cccc(CCC(=O)O)c1. The standard InChI is InChI=1S/C13H16N2O5/c14-10(7-12(18)19)13(20)15-9-3-1-2-8(6-9)4-5-11(16)17/h1-3,6,10H,4-5,7,14H2,(H,15,20)(H,16,17)(H,18,19). The van der Waals surface area contributed by atoms with E-state index < -0.39 is 30.3 Å². The molecule has 0 heterocycles. The van der Waals surface area contributed by atoms with Gasteiger partial charge in [0.1, 0.15) is 0 Å². The molecule has 1 amide bonds. The second-order valence-electron chi connectivity index (χ2n) is 4.29. The number of amides is 1. The minimum Gasteiger partial charge on any atom is -0.481 e. The van der Waals surface area contributed by atoms with Gasteiger partial charge in [-0.3, -0.25) is 14.4 Å². The van der Waals surface area contributed by atoms with Crippen molar-refractivity contribution >= 4 is 23.5 Å². The number of carboxylic acids is 2. The first-order valence-electron chi connectivity index (χ1n) is 5.97. The molecule has 1 aromatic carbocycles. The van der Waals surface area contributed by atoms with Crippen molar-refractivity contribution in [1.29, 1.82) is 0 Å². The molecule has 0 aliphatic carbocycles. The molecule has 0 bridgehead atoms. The van der Waals surface area contributed by atoms with Gasteiger partial charge in [0.2, 0.25) is 5.91 Å². The highest BCUT2D eigenvalue weighted by molar-refractivity contribution is 5.96. The minimum absolute atomic E-state index is 0.00404. The van der Waals surface area contributed by atoms with Crippen molar-refractivity contribution in [2.24, 2.45) is 5.73 Å². The Kier molecular flexibility index (Phi) is 5.67. The minimum atomic E-state index is -1.15. The van der Waals surface area contributed by atoms with Crippen LogP contribution in [0.25, 0.3) is 0 Å². The Labute approximate surface area is 115 Å². The van der Waals surface area contributed by atoms with Gasteiger partial charge in [0.25, 0.3) is 0 Å². The average Bonchev–Trinajstić information content (AvgIpc) is 2.36. The van der Waals surface area contributed by atoms with E-state index in [4.69, 9.17) is 15.9 Å². The first-order chi connectivity index (χ1) is 9.38. The Morgan fingerprint density at radius 3 is 2.50 bits per heavy atom. The molecule has 0 aliphatic rings. The van der Waals surface area contributed by atoms with Gasteiger partial charge in [-0.2, -0.15) is 0 Å². The van der Waals surface area contributed by atoms with Crippen LogP contribution in [0.4, 0.5) is 5.69 Å². The van der Waals surface area contributed by atoms with Crippen molar-refractivity contribution in [1.82, 2.24) is 0 Å². The molecule has 7 heteroatoms. The third-order valence-corrected chi connectivity index (χ3v) is 2.55. The zero-order valence-corrected chi connectivity index (χ0v) is 10.7. The van der Waals surface area contributed by atoms with E-state index in [0.29, 0.717) is 12.1 Å². The number of nitrogens with two attached hydrogens (primary N) is 1. The molecule has 0 radical (unpaired) electrons. The zero-order valence-electron chi connectivity index (χ0n) is 10.7. The second kappa shape index (κ2) is 7.25. The third-order valence-electron chi connectivity index (χ3n) is 2.55. The highest BCUT2D eigenvalue weighted by Gasteiger charge is 2.17. The van der Waals surface area contributed by atoms with E-state index in [2.05, 4.69) is 5.32 Å². The zero-order chi connectivity index (χ0) is 15.1. The van der Waals surface area contributed by atoms with Gasteiger partial charge in [-0.05, 0) is 24.1 Å². The second-order valence-corrected chi connectivity index (χ2v) is 4.29. The molecule has 20 heavy (non-hydrogen) atoms. The van der Waals surface area contributed by atoms with E-state index in [9.17, 15) is 14.4 Å². The van der Waals surface area contributed by atoms with E-state index >= 15 is 0 Å². The highest BCUT2D eigenvalue weighted by Crippen LogP contribution is 2.12. The molecule has 0 fully saturated rings. The Morgan fingerprint density at radius 1 is 1.20 bits per heavy atom. The Bertz CT molecular complexity index is 515. The van der Waals surface area contributed by atoms with Crippen LogP contribution >= 0.6 is 0 Å². The molecule has 1 rings (SSSR count). The highest BCUT2D eigenvalue weighted by atomic mass is 16.4. The molecular formula is C13H16N2O5. The summed E-state index contributed by atoms with van der Waals surface area (Å²) in [5.74, 6) is -2.64. The lowest BCUT2D eigenvalue weighted by Crippen LogP contribution is -2.37. The lowest BCUT2D eigenvalue weighted by molar-refractivity contribution is -0.139. The van der Waals surface area contributed by atoms with Crippen LogP contribution in [-0.2, 0) is 20.8 Å². The lowest BCUT2D eigenvalue weighted by Gasteiger charge is -2.11. The van der Waals surface area contributed by atoms with Gasteiger partial charge in [0.15, 0.2) is 0 Å². The normalized spacial score (nSPS) is 11.7. The van der Waals surface area contributed by atoms with Gasteiger partial charge >= 0.3 is 11.9 Å². The summed E-state index contributed by atoms with van der Waals surface area (Å²) < 4.78 is 0. The van der Waals surface area contributed by atoms with Crippen LogP contribution in [0.3, 0.4) is 0 Å². The molecule has 0 saturated carbocycles. The topological polar surface area (TPSA) is 130 Å². The fourth-order valence-corrected chi connectivity index (χ4v) is 1.57. The van der Waals surface area contributed by atoms with Crippen LogP contribution in [-0.4, -0.2) is 34.1 Å². The summed E-state index contributed by atoms with van der Waals surface area (Å²) in [5.41, 5.74) is 6.65. The van der Waals surface area contributed by atoms with E-state index in [1.165, 1.54) is 0 Å². The molecule has 7 nitrogen and oxygen atoms in total. The number of carbonyl (C=O) groups excluding carboxylic acids is 1. The number of benzene rings is 1. The van der Waals surface area contributed by atoms with Crippen molar-refractivity contribution < 1.29 is 24.6 Å². The number of nitrogens with one attached hydrogen (secondary N) is 1. The molecule has 1 aromatic rings. The van der Waals surface area contributed by atoms with Crippen LogP contribution in [0.15, 0.2) is 24.3 Å². The van der Waals surface area contributed by atoms with Gasteiger partial charge < -0.3 is 21.3 Å². The van der Waals surface area contributed by atoms with E-state index in [1.807, 2.05) is 0 Å². The summed E-state index contributed by atoms with van der Waals surface area (Å²) in [7, 11) is 0. The fraction of sp³-hybridized carbons (Fsp3) is 0.308. The molecule has 108 valence electrons. The van der Waals surface area contributed by atoms with Gasteiger partial charge in [-0.15, -0.1) is 0 Å². The Morgan fingerprint density at radius 2 is 1.90 bits per heavy atom. The predicted molar refractivity (Wildman–Crippen MR) is 71.3 cm³/mol. The molecule has 0 spiro atoms. The number of hydrogen-bond donors (Lipinski definition) is 4. The van der Waals surface area contributed by atoms with Crippen molar-refractivity contribution in [2.75, 3.05) is 5.32 Å². The number of anilines is 1. The van der Waals surface area contributed by atoms with Crippen LogP contribution in [0.1, 0.15) is 18.4 Å². The van der Waals surface area contributed by atoms with Gasteiger partial charge in [0, 0.05) is 12.1 Å². The summed E-state index contributed by atoms with van der Waals surface area (Å²) in [5, 5.41) is 19.7. The van der Waals surface area contributed by atoms with Crippen LogP contribution in [0, 0.1) is 0 Å². The first-order valence-corrected chi connectivity index (χ1v) is 5.97. The quantitative estimate of drug-likeness (QED) is 0.573. The monoisotopic (exact) mass is 280 g/mol. The Hall–Kier alpha value is -2.41. The van der Waals surface area contributed by atoms with E-state index in [1.54, 1.807) is 24.3 Å². The molecule has 0 aliphatic heterocycles. The van der Waals surface area contributed by atoms with E-state index in [-0.39, 0.29) is 6.42 Å². The number of aryl methyl sites for hydroxylation is 1. The summed E-state index contributed by atoms with van der Waals surface area (Å²) in [4.78, 5) is 32.6. The first kappa shape index (κ1) is 15.6. The third kappa shape index (κ3) is 5.49. The number of rotatable bonds is 7. The largest absolute Gasteiger partial charge is 0.481 e. The van der Waals surface area contributed by atoms with Crippen LogP contribution < -0.4 is 11.1 Å². The van der Waals surface area contributed by atoms with Crippen LogP contribution in [0.2, 0.25) is 0 Å². The smallest absolute Gasteiger partial charge is 0.305 e. The molecule has 1 unspecified atom stereocenters. The molecule has 1 atom stereocenters. The van der Waals surface area contributed by atoms with Gasteiger partial charge in [0.05, 0.1) is 12.5 Å². The number of carboxylic acid groups (broad SMARTS) is 2. The maximum Gasteiger partial charge on any atom is 0.305 e. The lowest BCUT2D eigenvalue weighted by atomic mass is 10.1. The van der Waals surface area contributed by atoms with Gasteiger partial charge in [-0.1, -0.05) is 12.1 Å².